The highest BCUT2D eigenvalue weighted by Gasteiger charge is 2.33. The Labute approximate surface area is 174 Å². The number of hydrogen-bond donors (Lipinski definition) is 1. The van der Waals surface area contributed by atoms with Gasteiger partial charge in [-0.15, -0.1) is 0 Å². The molecule has 0 aliphatic carbocycles. The number of nitrogens with zero attached hydrogens (tertiary/aromatic N) is 1. The molecule has 0 saturated heterocycles. The molecule has 0 saturated carbocycles. The van der Waals surface area contributed by atoms with Gasteiger partial charge < -0.3 is 19.5 Å². The first-order valence-electron chi connectivity index (χ1n) is 8.78. The minimum atomic E-state index is -3.84. The number of sulfonamides is 1. The van der Waals surface area contributed by atoms with Gasteiger partial charge >= 0.3 is 0 Å². The molecule has 1 heterocycles. The van der Waals surface area contributed by atoms with Crippen molar-refractivity contribution >= 4 is 38.9 Å². The molecule has 0 spiro atoms. The highest BCUT2D eigenvalue weighted by atomic mass is 35.5. The van der Waals surface area contributed by atoms with Gasteiger partial charge in [-0.25, -0.2) is 8.42 Å². The lowest BCUT2D eigenvalue weighted by Crippen LogP contribution is -2.47. The van der Waals surface area contributed by atoms with E-state index in [-0.39, 0.29) is 24.7 Å². The Morgan fingerprint density at radius 2 is 1.97 bits per heavy atom. The lowest BCUT2D eigenvalue weighted by atomic mass is 10.1. The van der Waals surface area contributed by atoms with E-state index in [0.29, 0.717) is 22.2 Å². The number of rotatable bonds is 7. The van der Waals surface area contributed by atoms with Crippen LogP contribution in [0.4, 0.5) is 11.4 Å². The average molecular weight is 441 g/mol. The van der Waals surface area contributed by atoms with Crippen LogP contribution in [-0.4, -0.2) is 40.5 Å². The second-order valence-corrected chi connectivity index (χ2v) is 8.65. The summed E-state index contributed by atoms with van der Waals surface area (Å²) in [4.78, 5) is 13.0. The summed E-state index contributed by atoms with van der Waals surface area (Å²) in [6.45, 7) is 1.83. The summed E-state index contributed by atoms with van der Waals surface area (Å²) in [6, 6.07) is 8.52. The van der Waals surface area contributed by atoms with E-state index in [1.165, 1.54) is 13.2 Å². The van der Waals surface area contributed by atoms with Crippen LogP contribution in [-0.2, 0) is 14.8 Å². The third-order valence-electron chi connectivity index (χ3n) is 4.35. The molecule has 0 aromatic heterocycles. The summed E-state index contributed by atoms with van der Waals surface area (Å²) < 4.78 is 42.2. The van der Waals surface area contributed by atoms with E-state index in [0.717, 1.165) is 10.6 Å². The number of carbonyl (C=O) groups excluding carboxylic acids is 1. The maximum atomic E-state index is 13.0. The van der Waals surface area contributed by atoms with Crippen LogP contribution in [0.2, 0.25) is 5.02 Å². The monoisotopic (exact) mass is 440 g/mol. The predicted octanol–water partition coefficient (Wildman–Crippen LogP) is 3.26. The molecule has 3 rings (SSSR count). The number of nitrogens with one attached hydrogen (secondary N) is 1. The van der Waals surface area contributed by atoms with E-state index < -0.39 is 22.0 Å². The second-order valence-electron chi connectivity index (χ2n) is 6.36. The van der Waals surface area contributed by atoms with Crippen molar-refractivity contribution < 1.29 is 27.4 Å². The van der Waals surface area contributed by atoms with E-state index in [9.17, 15) is 13.2 Å². The molecule has 1 aliphatic rings. The fourth-order valence-corrected chi connectivity index (χ4v) is 4.44. The summed E-state index contributed by atoms with van der Waals surface area (Å²) in [5.74, 6) is 0.872. The van der Waals surface area contributed by atoms with Gasteiger partial charge in [-0.05, 0) is 36.8 Å². The topological polar surface area (TPSA) is 94.2 Å². The first-order valence-corrected chi connectivity index (χ1v) is 11.0. The predicted molar refractivity (Wildman–Crippen MR) is 111 cm³/mol. The average Bonchev–Trinajstić information content (AvgIpc) is 3.12. The molecule has 1 N–H and O–H groups in total. The molecule has 29 heavy (non-hydrogen) atoms. The van der Waals surface area contributed by atoms with Crippen LogP contribution in [0, 0.1) is 0 Å². The van der Waals surface area contributed by atoms with Gasteiger partial charge in [0.25, 0.3) is 0 Å². The molecule has 2 aromatic rings. The Balaban J connectivity index is 1.96. The largest absolute Gasteiger partial charge is 0.495 e. The van der Waals surface area contributed by atoms with Gasteiger partial charge in [0.15, 0.2) is 11.5 Å². The van der Waals surface area contributed by atoms with Crippen molar-refractivity contribution in [1.29, 1.82) is 0 Å². The fourth-order valence-electron chi connectivity index (χ4n) is 3.07. The van der Waals surface area contributed by atoms with Crippen LogP contribution in [0.25, 0.3) is 0 Å². The Hall–Kier alpha value is -2.65. The van der Waals surface area contributed by atoms with Gasteiger partial charge in [0.1, 0.15) is 11.8 Å². The van der Waals surface area contributed by atoms with Gasteiger partial charge in [0.2, 0.25) is 22.7 Å². The highest BCUT2D eigenvalue weighted by molar-refractivity contribution is 7.92. The van der Waals surface area contributed by atoms with E-state index >= 15 is 0 Å². The molecule has 156 valence electrons. The first-order chi connectivity index (χ1) is 13.7. The van der Waals surface area contributed by atoms with E-state index in [4.69, 9.17) is 25.8 Å². The van der Waals surface area contributed by atoms with E-state index in [2.05, 4.69) is 5.32 Å². The molecule has 8 nitrogen and oxygen atoms in total. The molecule has 0 radical (unpaired) electrons. The van der Waals surface area contributed by atoms with E-state index in [1.54, 1.807) is 37.3 Å². The number of halogens is 1. The third kappa shape index (κ3) is 4.51. The van der Waals surface area contributed by atoms with Crippen molar-refractivity contribution in [2.24, 2.45) is 0 Å². The number of methoxy groups -OCH3 is 1. The van der Waals surface area contributed by atoms with Crippen LogP contribution in [0.5, 0.6) is 17.2 Å². The highest BCUT2D eigenvalue weighted by Crippen LogP contribution is 2.36. The molecule has 1 amide bonds. The van der Waals surface area contributed by atoms with Crippen molar-refractivity contribution in [2.75, 3.05) is 29.8 Å². The minimum absolute atomic E-state index is 0.112. The zero-order chi connectivity index (χ0) is 21.2. The van der Waals surface area contributed by atoms with Gasteiger partial charge in [-0.1, -0.05) is 18.5 Å². The van der Waals surface area contributed by atoms with Gasteiger partial charge in [0, 0.05) is 16.8 Å². The molecular formula is C19H21ClN2O6S. The smallest absolute Gasteiger partial charge is 0.248 e. The zero-order valence-electron chi connectivity index (χ0n) is 16.1. The Morgan fingerprint density at radius 1 is 1.24 bits per heavy atom. The number of amides is 1. The first kappa shape index (κ1) is 21.1. The summed E-state index contributed by atoms with van der Waals surface area (Å²) in [6.07, 6.45) is 1.25. The Morgan fingerprint density at radius 3 is 2.62 bits per heavy atom. The van der Waals surface area contributed by atoms with Gasteiger partial charge in [-0.3, -0.25) is 9.10 Å². The molecule has 10 heteroatoms. The summed E-state index contributed by atoms with van der Waals surface area (Å²) in [5, 5.41) is 3.06. The maximum absolute atomic E-state index is 13.0. The SMILES string of the molecule is CC[C@@H](C(=O)Nc1ccc2c(c1)OCO2)N(c1cc(Cl)ccc1OC)S(C)(=O)=O. The zero-order valence-corrected chi connectivity index (χ0v) is 17.7. The molecule has 1 atom stereocenters. The van der Waals surface area contributed by atoms with Crippen LogP contribution in [0.3, 0.4) is 0 Å². The van der Waals surface area contributed by atoms with Crippen molar-refractivity contribution in [3.05, 3.63) is 41.4 Å². The maximum Gasteiger partial charge on any atom is 0.248 e. The third-order valence-corrected chi connectivity index (χ3v) is 5.75. The number of anilines is 2. The van der Waals surface area contributed by atoms with Crippen molar-refractivity contribution in [1.82, 2.24) is 0 Å². The standard InChI is InChI=1S/C19H21ClN2O6S/c1-4-14(19(23)21-13-6-8-17-18(10-13)28-11-27-17)22(29(3,24)25)15-9-12(20)5-7-16(15)26-2/h5-10,14H,4,11H2,1-3H3,(H,21,23)/t14-/m0/s1. The fraction of sp³-hybridized carbons (Fsp3) is 0.316. The Bertz CT molecular complexity index is 1030. The van der Waals surface area contributed by atoms with Gasteiger partial charge in [0.05, 0.1) is 19.1 Å². The summed E-state index contributed by atoms with van der Waals surface area (Å²) in [7, 11) is -2.42. The molecule has 0 fully saturated rings. The molecular weight excluding hydrogens is 420 g/mol. The molecule has 0 bridgehead atoms. The molecule has 0 unspecified atom stereocenters. The number of hydrogen-bond acceptors (Lipinski definition) is 6. The van der Waals surface area contributed by atoms with E-state index in [1.807, 2.05) is 0 Å². The minimum Gasteiger partial charge on any atom is -0.495 e. The number of benzene rings is 2. The van der Waals surface area contributed by atoms with Crippen molar-refractivity contribution in [3.63, 3.8) is 0 Å². The number of ether oxygens (including phenoxy) is 3. The second kappa shape index (κ2) is 8.38. The van der Waals surface area contributed by atoms with Crippen molar-refractivity contribution in [3.8, 4) is 17.2 Å². The van der Waals surface area contributed by atoms with Crippen LogP contribution in [0.15, 0.2) is 36.4 Å². The van der Waals surface area contributed by atoms with Crippen molar-refractivity contribution in [2.45, 2.75) is 19.4 Å². The normalized spacial score (nSPS) is 13.7. The molecule has 1 aliphatic heterocycles. The lowest BCUT2D eigenvalue weighted by Gasteiger charge is -2.31. The summed E-state index contributed by atoms with van der Waals surface area (Å²) in [5.41, 5.74) is 0.652. The van der Waals surface area contributed by atoms with Gasteiger partial charge in [-0.2, -0.15) is 0 Å². The quantitative estimate of drug-likeness (QED) is 0.710. The number of fused-ring (bicyclic) bond motifs is 1. The lowest BCUT2D eigenvalue weighted by molar-refractivity contribution is -0.117. The van der Waals surface area contributed by atoms with Crippen LogP contribution in [0.1, 0.15) is 13.3 Å². The Kier molecular flexibility index (Phi) is 6.09. The van der Waals surface area contributed by atoms with Crippen LogP contribution < -0.4 is 23.8 Å². The number of carbonyl (C=O) groups is 1. The molecule has 2 aromatic carbocycles. The summed E-state index contributed by atoms with van der Waals surface area (Å²) >= 11 is 6.08. The van der Waals surface area contributed by atoms with Crippen LogP contribution >= 0.6 is 11.6 Å².